The third-order valence-electron chi connectivity index (χ3n) is 4.64. The van der Waals surface area contributed by atoms with Gasteiger partial charge in [-0.3, -0.25) is 5.09 Å². The van der Waals surface area contributed by atoms with Crippen LogP contribution in [-0.2, 0) is 13.3 Å². The highest BCUT2D eigenvalue weighted by Gasteiger charge is 2.39. The Labute approximate surface area is 187 Å². The van der Waals surface area contributed by atoms with Gasteiger partial charge in [-0.05, 0) is 44.2 Å². The van der Waals surface area contributed by atoms with E-state index in [9.17, 15) is 0 Å². The molecule has 30 heavy (non-hydrogen) atoms. The average molecular weight is 466 g/mol. The fourth-order valence-electron chi connectivity index (χ4n) is 3.43. The van der Waals surface area contributed by atoms with Crippen LogP contribution in [0.3, 0.4) is 0 Å². The molecule has 0 bridgehead atoms. The Kier molecular flexibility index (Phi) is 9.65. The summed E-state index contributed by atoms with van der Waals surface area (Å²) in [6.45, 7) is 8.76. The summed E-state index contributed by atoms with van der Waals surface area (Å²) in [5.41, 5.74) is 2.44. The quantitative estimate of drug-likeness (QED) is 0.254. The minimum Gasteiger partial charge on any atom is -0.453 e. The fourth-order valence-corrected chi connectivity index (χ4v) is 9.25. The number of nitrogens with one attached hydrogen (secondary N) is 1. The Morgan fingerprint density at radius 2 is 1.50 bits per heavy atom. The van der Waals surface area contributed by atoms with Gasteiger partial charge in [0.15, 0.2) is 8.30 Å². The molecule has 1 N–H and O–H groups in total. The van der Waals surface area contributed by atoms with Crippen molar-refractivity contribution in [3.05, 3.63) is 48.5 Å². The van der Waals surface area contributed by atoms with Crippen molar-refractivity contribution >= 4 is 34.2 Å². The SMILES string of the molecule is CCO[Si](CCSCCNP1Oc2ccccc2-c2ccccc21)(OCC)OCC. The summed E-state index contributed by atoms with van der Waals surface area (Å²) in [7, 11) is -3.40. The summed E-state index contributed by atoms with van der Waals surface area (Å²) in [6, 6.07) is 17.6. The van der Waals surface area contributed by atoms with Gasteiger partial charge < -0.3 is 17.8 Å². The smallest absolute Gasteiger partial charge is 0.453 e. The van der Waals surface area contributed by atoms with Gasteiger partial charge in [0.2, 0.25) is 0 Å². The van der Waals surface area contributed by atoms with E-state index in [-0.39, 0.29) is 0 Å². The molecule has 0 aromatic heterocycles. The first kappa shape index (κ1) is 23.7. The van der Waals surface area contributed by atoms with Gasteiger partial charge in [0, 0.05) is 49.0 Å². The van der Waals surface area contributed by atoms with Crippen LogP contribution in [0.5, 0.6) is 5.75 Å². The molecule has 1 atom stereocenters. The number of hydrogen-bond donors (Lipinski definition) is 1. The van der Waals surface area contributed by atoms with E-state index in [4.69, 9.17) is 17.8 Å². The van der Waals surface area contributed by atoms with Crippen LogP contribution in [0.2, 0.25) is 6.04 Å². The topological polar surface area (TPSA) is 49.0 Å². The van der Waals surface area contributed by atoms with Crippen molar-refractivity contribution in [3.8, 4) is 16.9 Å². The summed E-state index contributed by atoms with van der Waals surface area (Å²) in [5, 5.41) is 4.89. The first-order valence-corrected chi connectivity index (χ1v) is 15.0. The highest BCUT2D eigenvalue weighted by molar-refractivity contribution is 7.99. The highest BCUT2D eigenvalue weighted by Crippen LogP contribution is 2.46. The van der Waals surface area contributed by atoms with Crippen LogP contribution in [0, 0.1) is 0 Å². The van der Waals surface area contributed by atoms with Crippen molar-refractivity contribution in [1.29, 1.82) is 0 Å². The summed E-state index contributed by atoms with van der Waals surface area (Å²) >= 11 is 1.90. The van der Waals surface area contributed by atoms with Crippen LogP contribution < -0.4 is 14.9 Å². The maximum atomic E-state index is 6.31. The molecule has 1 aliphatic rings. The molecule has 2 aromatic carbocycles. The molecular formula is C22H32NO4PSSi. The second-order valence-corrected chi connectivity index (χ2v) is 12.2. The molecule has 3 rings (SSSR count). The Hall–Kier alpha value is -0.923. The molecule has 0 spiro atoms. The number of rotatable bonds is 13. The van der Waals surface area contributed by atoms with Crippen LogP contribution in [0.15, 0.2) is 48.5 Å². The van der Waals surface area contributed by atoms with Crippen LogP contribution in [-0.4, -0.2) is 46.7 Å². The second-order valence-electron chi connectivity index (χ2n) is 6.65. The van der Waals surface area contributed by atoms with E-state index >= 15 is 0 Å². The highest BCUT2D eigenvalue weighted by atomic mass is 32.2. The van der Waals surface area contributed by atoms with Gasteiger partial charge in [-0.2, -0.15) is 11.8 Å². The number of benzene rings is 2. The Morgan fingerprint density at radius 3 is 2.20 bits per heavy atom. The molecule has 164 valence electrons. The molecule has 0 saturated heterocycles. The van der Waals surface area contributed by atoms with E-state index in [0.29, 0.717) is 19.8 Å². The number of hydrogen-bond acceptors (Lipinski definition) is 6. The summed E-state index contributed by atoms with van der Waals surface area (Å²) in [6.07, 6.45) is 0. The first-order chi connectivity index (χ1) is 14.7. The monoisotopic (exact) mass is 465 g/mol. The van der Waals surface area contributed by atoms with E-state index in [1.165, 1.54) is 16.4 Å². The minimum absolute atomic E-state index is 0.626. The molecular weight excluding hydrogens is 433 g/mol. The van der Waals surface area contributed by atoms with Crippen molar-refractivity contribution < 1.29 is 17.8 Å². The fraction of sp³-hybridized carbons (Fsp3) is 0.455. The van der Waals surface area contributed by atoms with Gasteiger partial charge in [-0.1, -0.05) is 36.4 Å². The Bertz CT molecular complexity index is 780. The largest absolute Gasteiger partial charge is 0.501 e. The van der Waals surface area contributed by atoms with Gasteiger partial charge in [0.05, 0.1) is 0 Å². The Morgan fingerprint density at radius 1 is 0.867 bits per heavy atom. The summed E-state index contributed by atoms with van der Waals surface area (Å²) < 4.78 is 24.1. The molecule has 5 nitrogen and oxygen atoms in total. The van der Waals surface area contributed by atoms with E-state index in [1.807, 2.05) is 38.6 Å². The second kappa shape index (κ2) is 12.2. The predicted molar refractivity (Wildman–Crippen MR) is 130 cm³/mol. The maximum absolute atomic E-state index is 6.31. The van der Waals surface area contributed by atoms with E-state index in [0.717, 1.165) is 29.8 Å². The molecule has 1 unspecified atom stereocenters. The zero-order valence-electron chi connectivity index (χ0n) is 18.1. The van der Waals surface area contributed by atoms with Crippen LogP contribution in [0.1, 0.15) is 20.8 Å². The molecule has 0 aliphatic carbocycles. The molecule has 8 heteroatoms. The standard InChI is InChI=1S/C22H32NO4PSSi/c1-4-24-30(25-5-2,26-6-3)18-17-29-16-15-23-28-22-14-10-8-12-20(22)19-11-7-9-13-21(19)27-28/h7-14,23H,4-6,15-18H2,1-3H3. The van der Waals surface area contributed by atoms with Gasteiger partial charge in [-0.25, -0.2) is 0 Å². The normalized spacial score (nSPS) is 15.4. The van der Waals surface area contributed by atoms with Crippen molar-refractivity contribution in [2.24, 2.45) is 0 Å². The van der Waals surface area contributed by atoms with E-state index in [1.54, 1.807) is 0 Å². The molecule has 1 heterocycles. The minimum atomic E-state index is -2.54. The van der Waals surface area contributed by atoms with Crippen molar-refractivity contribution in [2.45, 2.75) is 26.8 Å². The van der Waals surface area contributed by atoms with E-state index in [2.05, 4.69) is 47.6 Å². The van der Waals surface area contributed by atoms with Crippen LogP contribution in [0.4, 0.5) is 0 Å². The van der Waals surface area contributed by atoms with Crippen LogP contribution in [0.25, 0.3) is 11.1 Å². The van der Waals surface area contributed by atoms with Crippen molar-refractivity contribution in [1.82, 2.24) is 5.09 Å². The predicted octanol–water partition coefficient (Wildman–Crippen LogP) is 5.05. The zero-order valence-corrected chi connectivity index (χ0v) is 20.8. The Balaban J connectivity index is 1.49. The van der Waals surface area contributed by atoms with Crippen molar-refractivity contribution in [2.75, 3.05) is 37.9 Å². The maximum Gasteiger partial charge on any atom is 0.501 e. The lowest BCUT2D eigenvalue weighted by Crippen LogP contribution is -2.46. The van der Waals surface area contributed by atoms with Crippen molar-refractivity contribution in [3.63, 3.8) is 0 Å². The van der Waals surface area contributed by atoms with Gasteiger partial charge in [-0.15, -0.1) is 0 Å². The van der Waals surface area contributed by atoms with Gasteiger partial charge in [0.1, 0.15) is 5.75 Å². The zero-order chi connectivity index (χ0) is 21.2. The first-order valence-electron chi connectivity index (χ1n) is 10.6. The molecule has 1 aliphatic heterocycles. The summed E-state index contributed by atoms with van der Waals surface area (Å²) in [4.78, 5) is 0. The molecule has 0 saturated carbocycles. The molecule has 0 fully saturated rings. The number of fused-ring (bicyclic) bond motifs is 3. The third-order valence-corrected chi connectivity index (χ3v) is 10.8. The third kappa shape index (κ3) is 6.07. The lowest BCUT2D eigenvalue weighted by molar-refractivity contribution is 0.0728. The van der Waals surface area contributed by atoms with Gasteiger partial charge in [0.25, 0.3) is 0 Å². The number of thioether (sulfide) groups is 1. The lowest BCUT2D eigenvalue weighted by Gasteiger charge is -2.29. The average Bonchev–Trinajstić information content (AvgIpc) is 2.76. The summed E-state index contributed by atoms with van der Waals surface area (Å²) in [5.74, 6) is 2.93. The molecule has 2 aromatic rings. The van der Waals surface area contributed by atoms with E-state index < -0.39 is 17.1 Å². The van der Waals surface area contributed by atoms with Gasteiger partial charge >= 0.3 is 8.80 Å². The molecule has 0 amide bonds. The number of para-hydroxylation sites is 1. The lowest BCUT2D eigenvalue weighted by atomic mass is 10.0. The van der Waals surface area contributed by atoms with Crippen LogP contribution >= 0.6 is 20.1 Å². The molecule has 0 radical (unpaired) electrons.